The molecule has 2 unspecified atom stereocenters. The predicted octanol–water partition coefficient (Wildman–Crippen LogP) is 1.64. The Bertz CT molecular complexity index is 371. The number of aromatic nitrogens is 2. The fourth-order valence-electron chi connectivity index (χ4n) is 2.54. The molecule has 0 saturated carbocycles. The molecule has 0 spiro atoms. The average molecular weight is 268 g/mol. The minimum absolute atomic E-state index is 0.357. The first-order chi connectivity index (χ1) is 8.74. The minimum atomic E-state index is 0.357. The van der Waals surface area contributed by atoms with Crippen LogP contribution in [0.2, 0.25) is 0 Å². The van der Waals surface area contributed by atoms with E-state index in [4.69, 9.17) is 5.84 Å². The van der Waals surface area contributed by atoms with E-state index in [0.29, 0.717) is 11.3 Å². The highest BCUT2D eigenvalue weighted by Gasteiger charge is 2.24. The number of thioether (sulfide) groups is 1. The number of rotatable bonds is 5. The molecular weight excluding hydrogens is 244 g/mol. The molecule has 1 aliphatic rings. The third-order valence-corrected chi connectivity index (χ3v) is 5.21. The molecule has 1 aromatic heterocycles. The van der Waals surface area contributed by atoms with Crippen LogP contribution in [0.5, 0.6) is 0 Å². The first kappa shape index (κ1) is 13.9. The van der Waals surface area contributed by atoms with E-state index in [9.17, 15) is 0 Å². The Morgan fingerprint density at radius 1 is 1.61 bits per heavy atom. The van der Waals surface area contributed by atoms with Gasteiger partial charge in [-0.2, -0.15) is 16.9 Å². The van der Waals surface area contributed by atoms with E-state index >= 15 is 0 Å². The Morgan fingerprint density at radius 3 is 3.00 bits per heavy atom. The summed E-state index contributed by atoms with van der Waals surface area (Å²) in [5, 5.41) is 5.15. The molecule has 3 N–H and O–H groups in total. The van der Waals surface area contributed by atoms with Crippen LogP contribution < -0.4 is 11.3 Å². The summed E-state index contributed by atoms with van der Waals surface area (Å²) >= 11 is 2.06. The van der Waals surface area contributed by atoms with Crippen LogP contribution in [-0.4, -0.2) is 26.8 Å². The first-order valence-electron chi connectivity index (χ1n) is 6.84. The number of nitrogens with two attached hydrogens (primary N) is 1. The number of aryl methyl sites for hydroxylation is 2. The van der Waals surface area contributed by atoms with Crippen LogP contribution in [0.4, 0.5) is 0 Å². The lowest BCUT2D eigenvalue weighted by molar-refractivity contribution is 0.461. The summed E-state index contributed by atoms with van der Waals surface area (Å²) < 4.78 is 2.00. The van der Waals surface area contributed by atoms with Gasteiger partial charge in [-0.05, 0) is 31.1 Å². The van der Waals surface area contributed by atoms with E-state index in [1.165, 1.54) is 36.4 Å². The standard InChI is InChI=1S/C13H24N4S/c1-3-10-8-11(17(2)16-10)9-12(15-14)13-6-4-5-7-18-13/h8,12-13,15H,3-7,9,14H2,1-2H3. The summed E-state index contributed by atoms with van der Waals surface area (Å²) in [7, 11) is 2.02. The fourth-order valence-corrected chi connectivity index (χ4v) is 3.96. The Morgan fingerprint density at radius 2 is 2.44 bits per heavy atom. The molecule has 0 radical (unpaired) electrons. The third-order valence-electron chi connectivity index (χ3n) is 3.70. The Balaban J connectivity index is 2.02. The van der Waals surface area contributed by atoms with Crippen LogP contribution in [0.3, 0.4) is 0 Å². The van der Waals surface area contributed by atoms with Crippen molar-refractivity contribution in [3.8, 4) is 0 Å². The molecule has 0 bridgehead atoms. The molecular formula is C13H24N4S. The molecule has 5 heteroatoms. The van der Waals surface area contributed by atoms with E-state index < -0.39 is 0 Å². The van der Waals surface area contributed by atoms with Crippen molar-refractivity contribution in [1.82, 2.24) is 15.2 Å². The molecule has 102 valence electrons. The van der Waals surface area contributed by atoms with Crippen molar-refractivity contribution >= 4 is 11.8 Å². The van der Waals surface area contributed by atoms with Gasteiger partial charge in [-0.1, -0.05) is 13.3 Å². The van der Waals surface area contributed by atoms with Gasteiger partial charge < -0.3 is 0 Å². The van der Waals surface area contributed by atoms with E-state index in [2.05, 4.69) is 35.3 Å². The number of hydrogen-bond donors (Lipinski definition) is 2. The number of nitrogens with one attached hydrogen (secondary N) is 1. The molecule has 4 nitrogen and oxygen atoms in total. The van der Waals surface area contributed by atoms with Gasteiger partial charge in [0.05, 0.1) is 5.69 Å². The molecule has 2 atom stereocenters. The van der Waals surface area contributed by atoms with Gasteiger partial charge in [-0.25, -0.2) is 0 Å². The summed E-state index contributed by atoms with van der Waals surface area (Å²) in [4.78, 5) is 0. The Labute approximate surface area is 114 Å². The lowest BCUT2D eigenvalue weighted by Gasteiger charge is -2.29. The largest absolute Gasteiger partial charge is 0.272 e. The Hall–Kier alpha value is -0.520. The normalized spacial score (nSPS) is 22.1. The summed E-state index contributed by atoms with van der Waals surface area (Å²) in [6.07, 6.45) is 5.92. The minimum Gasteiger partial charge on any atom is -0.272 e. The molecule has 18 heavy (non-hydrogen) atoms. The topological polar surface area (TPSA) is 55.9 Å². The van der Waals surface area contributed by atoms with Crippen LogP contribution in [-0.2, 0) is 19.9 Å². The molecule has 2 rings (SSSR count). The van der Waals surface area contributed by atoms with Gasteiger partial charge in [0, 0.05) is 30.5 Å². The molecule has 0 aromatic carbocycles. The maximum atomic E-state index is 5.75. The number of hydrogen-bond acceptors (Lipinski definition) is 4. The zero-order valence-electron chi connectivity index (χ0n) is 11.4. The summed E-state index contributed by atoms with van der Waals surface area (Å²) in [6.45, 7) is 2.14. The van der Waals surface area contributed by atoms with Crippen molar-refractivity contribution in [3.63, 3.8) is 0 Å². The summed E-state index contributed by atoms with van der Waals surface area (Å²) in [6, 6.07) is 2.56. The second-order valence-corrected chi connectivity index (χ2v) is 6.33. The lowest BCUT2D eigenvalue weighted by Crippen LogP contribution is -2.45. The van der Waals surface area contributed by atoms with Crippen molar-refractivity contribution < 1.29 is 0 Å². The highest BCUT2D eigenvalue weighted by Crippen LogP contribution is 2.28. The predicted molar refractivity (Wildman–Crippen MR) is 77.5 cm³/mol. The third kappa shape index (κ3) is 3.28. The van der Waals surface area contributed by atoms with E-state index in [1.54, 1.807) is 0 Å². The Kier molecular flexibility index (Phi) is 5.09. The molecule has 0 amide bonds. The summed E-state index contributed by atoms with van der Waals surface area (Å²) in [5.41, 5.74) is 5.46. The molecule has 0 aliphatic carbocycles. The molecule has 1 saturated heterocycles. The number of nitrogens with zero attached hydrogens (tertiary/aromatic N) is 2. The van der Waals surface area contributed by atoms with Gasteiger partial charge in [0.1, 0.15) is 0 Å². The van der Waals surface area contributed by atoms with Gasteiger partial charge in [-0.3, -0.25) is 16.0 Å². The van der Waals surface area contributed by atoms with Gasteiger partial charge in [0.15, 0.2) is 0 Å². The van der Waals surface area contributed by atoms with Gasteiger partial charge in [0.25, 0.3) is 0 Å². The van der Waals surface area contributed by atoms with Crippen LogP contribution in [0.15, 0.2) is 6.07 Å². The average Bonchev–Trinajstić information content (AvgIpc) is 2.77. The van der Waals surface area contributed by atoms with Crippen LogP contribution in [0.1, 0.15) is 37.6 Å². The van der Waals surface area contributed by atoms with E-state index in [1.807, 2.05) is 11.7 Å². The SMILES string of the molecule is CCc1cc(CC(NN)C2CCCCS2)n(C)n1. The van der Waals surface area contributed by atoms with Crippen LogP contribution in [0, 0.1) is 0 Å². The van der Waals surface area contributed by atoms with Crippen LogP contribution in [0.25, 0.3) is 0 Å². The smallest absolute Gasteiger partial charge is 0.0624 e. The van der Waals surface area contributed by atoms with Crippen molar-refractivity contribution in [2.75, 3.05) is 5.75 Å². The summed E-state index contributed by atoms with van der Waals surface area (Å²) in [5.74, 6) is 7.02. The van der Waals surface area contributed by atoms with Crippen molar-refractivity contribution in [2.45, 2.75) is 50.3 Å². The van der Waals surface area contributed by atoms with Gasteiger partial charge in [0.2, 0.25) is 0 Å². The maximum Gasteiger partial charge on any atom is 0.0624 e. The van der Waals surface area contributed by atoms with E-state index in [-0.39, 0.29) is 0 Å². The molecule has 1 aromatic rings. The first-order valence-corrected chi connectivity index (χ1v) is 7.89. The quantitative estimate of drug-likeness (QED) is 0.630. The number of hydrazine groups is 1. The second-order valence-electron chi connectivity index (χ2n) is 4.99. The highest BCUT2D eigenvalue weighted by atomic mass is 32.2. The zero-order chi connectivity index (χ0) is 13.0. The molecule has 2 heterocycles. The fraction of sp³-hybridized carbons (Fsp3) is 0.769. The second kappa shape index (κ2) is 6.59. The zero-order valence-corrected chi connectivity index (χ0v) is 12.2. The molecule has 1 fully saturated rings. The maximum absolute atomic E-state index is 5.75. The van der Waals surface area contributed by atoms with Crippen LogP contribution >= 0.6 is 11.8 Å². The van der Waals surface area contributed by atoms with Crippen molar-refractivity contribution in [2.24, 2.45) is 12.9 Å². The van der Waals surface area contributed by atoms with Crippen molar-refractivity contribution in [3.05, 3.63) is 17.5 Å². The molecule has 1 aliphatic heterocycles. The lowest BCUT2D eigenvalue weighted by atomic mass is 10.0. The van der Waals surface area contributed by atoms with Gasteiger partial charge in [-0.15, -0.1) is 0 Å². The van der Waals surface area contributed by atoms with Gasteiger partial charge >= 0.3 is 0 Å². The highest BCUT2D eigenvalue weighted by molar-refractivity contribution is 8.00. The monoisotopic (exact) mass is 268 g/mol. The van der Waals surface area contributed by atoms with Crippen molar-refractivity contribution in [1.29, 1.82) is 0 Å². The van der Waals surface area contributed by atoms with E-state index in [0.717, 1.165) is 12.8 Å².